The molecule has 2 rings (SSSR count). The number of thiol groups is 1. The molecular weight excluding hydrogens is 316 g/mol. The average Bonchev–Trinajstić information content (AvgIpc) is 2.52. The lowest BCUT2D eigenvalue weighted by Crippen LogP contribution is -2.13. The minimum atomic E-state index is -0.675. The Kier molecular flexibility index (Phi) is 6.03. The summed E-state index contributed by atoms with van der Waals surface area (Å²) in [6.45, 7) is 4.02. The molecule has 1 N–H and O–H groups in total. The van der Waals surface area contributed by atoms with E-state index in [2.05, 4.69) is 30.1 Å². The molecule has 0 saturated carbocycles. The smallest absolute Gasteiger partial charge is 0.164 e. The number of hydrogen-bond donors (Lipinski definition) is 2. The normalized spacial score (nSPS) is 10.3. The molecule has 0 aliphatic rings. The van der Waals surface area contributed by atoms with Crippen LogP contribution in [0.15, 0.2) is 36.4 Å². The molecule has 0 unspecified atom stereocenters. The highest BCUT2D eigenvalue weighted by molar-refractivity contribution is 7.75. The molecule has 2 aromatic rings. The van der Waals surface area contributed by atoms with Gasteiger partial charge in [-0.15, -0.1) is 0 Å². The molecule has 2 nitrogen and oxygen atoms in total. The van der Waals surface area contributed by atoms with Crippen molar-refractivity contribution in [2.75, 3.05) is 5.32 Å². The fraction of sp³-hybridized carbons (Fsp3) is 0.222. The van der Waals surface area contributed by atoms with Crippen molar-refractivity contribution in [1.82, 2.24) is 0 Å². The molecule has 0 aliphatic heterocycles. The van der Waals surface area contributed by atoms with Gasteiger partial charge in [-0.3, -0.25) is 0 Å². The van der Waals surface area contributed by atoms with Crippen molar-refractivity contribution < 1.29 is 13.0 Å². The molecule has 0 bridgehead atoms. The second kappa shape index (κ2) is 8.00. The summed E-state index contributed by atoms with van der Waals surface area (Å²) in [5.41, 5.74) is 1.70. The molecule has 0 aliphatic carbocycles. The van der Waals surface area contributed by atoms with Gasteiger partial charge in [0.15, 0.2) is 5.82 Å². The monoisotopic (exact) mass is 333 g/mol. The first-order chi connectivity index (χ1) is 11.0. The van der Waals surface area contributed by atoms with Crippen LogP contribution in [0, 0.1) is 23.5 Å². The van der Waals surface area contributed by atoms with Crippen LogP contribution in [0.5, 0.6) is 0 Å². The molecule has 0 atom stereocenters. The zero-order valence-electron chi connectivity index (χ0n) is 12.9. The van der Waals surface area contributed by atoms with Gasteiger partial charge in [0.25, 0.3) is 0 Å². The summed E-state index contributed by atoms with van der Waals surface area (Å²) >= 11 is 3.69. The summed E-state index contributed by atoms with van der Waals surface area (Å²) in [4.78, 5) is 0. The molecule has 0 aromatic heterocycles. The van der Waals surface area contributed by atoms with E-state index in [1.54, 1.807) is 0 Å². The summed E-state index contributed by atoms with van der Waals surface area (Å²) in [6.07, 6.45) is 0. The van der Waals surface area contributed by atoms with Crippen LogP contribution in [0.1, 0.15) is 30.5 Å². The Labute approximate surface area is 140 Å². The standard InChI is InChI=1S/C18H17F2NOS/c1-12(2)21-18-16(19)10-9-15(17(18)20)8-7-13-3-5-14(6-4-13)11-22-23/h3-6,9-10,12,21,23H,11H2,1-2H3. The van der Waals surface area contributed by atoms with Crippen LogP contribution in [0.4, 0.5) is 14.5 Å². The summed E-state index contributed by atoms with van der Waals surface area (Å²) < 4.78 is 32.8. The van der Waals surface area contributed by atoms with Crippen molar-refractivity contribution in [2.45, 2.75) is 26.5 Å². The number of benzene rings is 2. The molecule has 0 saturated heterocycles. The summed E-state index contributed by atoms with van der Waals surface area (Å²) in [5.74, 6) is 4.31. The van der Waals surface area contributed by atoms with E-state index < -0.39 is 11.6 Å². The number of anilines is 1. The first kappa shape index (κ1) is 17.3. The van der Waals surface area contributed by atoms with Crippen molar-refractivity contribution in [3.63, 3.8) is 0 Å². The third kappa shape index (κ3) is 4.72. The lowest BCUT2D eigenvalue weighted by Gasteiger charge is -2.12. The van der Waals surface area contributed by atoms with Crippen LogP contribution in [0.2, 0.25) is 0 Å². The van der Waals surface area contributed by atoms with E-state index >= 15 is 0 Å². The van der Waals surface area contributed by atoms with Crippen molar-refractivity contribution in [1.29, 1.82) is 0 Å². The minimum absolute atomic E-state index is 0.0798. The first-order valence-corrected chi connectivity index (χ1v) is 7.49. The van der Waals surface area contributed by atoms with Gasteiger partial charge in [-0.05, 0) is 56.6 Å². The minimum Gasteiger partial charge on any atom is -0.378 e. The maximum atomic E-state index is 14.3. The van der Waals surface area contributed by atoms with Gasteiger partial charge < -0.3 is 9.50 Å². The van der Waals surface area contributed by atoms with Crippen molar-refractivity contribution >= 4 is 18.6 Å². The highest BCUT2D eigenvalue weighted by Gasteiger charge is 2.13. The van der Waals surface area contributed by atoms with E-state index in [9.17, 15) is 8.78 Å². The fourth-order valence-electron chi connectivity index (χ4n) is 1.97. The molecule has 5 heteroatoms. The van der Waals surface area contributed by atoms with Gasteiger partial charge in [-0.2, -0.15) is 0 Å². The van der Waals surface area contributed by atoms with E-state index in [0.717, 1.165) is 11.1 Å². The van der Waals surface area contributed by atoms with Crippen molar-refractivity contribution in [2.24, 2.45) is 0 Å². The van der Waals surface area contributed by atoms with Crippen molar-refractivity contribution in [3.05, 3.63) is 64.7 Å². The Morgan fingerprint density at radius 1 is 1.09 bits per heavy atom. The third-order valence-electron chi connectivity index (χ3n) is 3.05. The van der Waals surface area contributed by atoms with Gasteiger partial charge in [-0.25, -0.2) is 8.78 Å². The zero-order chi connectivity index (χ0) is 16.8. The van der Waals surface area contributed by atoms with Gasteiger partial charge in [0.1, 0.15) is 11.5 Å². The van der Waals surface area contributed by atoms with Gasteiger partial charge >= 0.3 is 0 Å². The second-order valence-corrected chi connectivity index (χ2v) is 5.56. The van der Waals surface area contributed by atoms with Crippen LogP contribution >= 0.6 is 12.9 Å². The Bertz CT molecular complexity index is 733. The largest absolute Gasteiger partial charge is 0.378 e. The quantitative estimate of drug-likeness (QED) is 0.487. The summed E-state index contributed by atoms with van der Waals surface area (Å²) in [5, 5.41) is 2.76. The van der Waals surface area contributed by atoms with E-state index in [1.165, 1.54) is 12.1 Å². The van der Waals surface area contributed by atoms with Crippen LogP contribution < -0.4 is 5.32 Å². The van der Waals surface area contributed by atoms with E-state index in [4.69, 9.17) is 4.18 Å². The second-order valence-electron chi connectivity index (χ2n) is 5.30. The maximum Gasteiger partial charge on any atom is 0.164 e. The predicted octanol–water partition coefficient (Wildman–Crippen LogP) is 4.55. The summed E-state index contributed by atoms with van der Waals surface area (Å²) in [7, 11) is 0. The summed E-state index contributed by atoms with van der Waals surface area (Å²) in [6, 6.07) is 9.80. The third-order valence-corrected chi connectivity index (χ3v) is 3.18. The molecule has 2 aromatic carbocycles. The Morgan fingerprint density at radius 2 is 1.78 bits per heavy atom. The SMILES string of the molecule is CC(C)Nc1c(F)ccc(C#Cc2ccc(COS)cc2)c1F. The van der Waals surface area contributed by atoms with Gasteiger partial charge in [-0.1, -0.05) is 24.0 Å². The van der Waals surface area contributed by atoms with Crippen molar-refractivity contribution in [3.8, 4) is 11.8 Å². The molecular formula is C18H17F2NOS. The van der Waals surface area contributed by atoms with E-state index in [1.807, 2.05) is 38.1 Å². The molecule has 0 spiro atoms. The van der Waals surface area contributed by atoms with Gasteiger partial charge in [0.05, 0.1) is 12.2 Å². The average molecular weight is 333 g/mol. The number of rotatable bonds is 4. The van der Waals surface area contributed by atoms with Crippen LogP contribution in [-0.4, -0.2) is 6.04 Å². The van der Waals surface area contributed by atoms with Gasteiger partial charge in [0, 0.05) is 11.6 Å². The molecule has 120 valence electrons. The topological polar surface area (TPSA) is 21.3 Å². The molecule has 0 heterocycles. The molecule has 0 radical (unpaired) electrons. The van der Waals surface area contributed by atoms with E-state index in [-0.39, 0.29) is 17.3 Å². The van der Waals surface area contributed by atoms with Gasteiger partial charge in [0.2, 0.25) is 0 Å². The highest BCUT2D eigenvalue weighted by atomic mass is 32.1. The number of nitrogens with one attached hydrogen (secondary N) is 1. The zero-order valence-corrected chi connectivity index (χ0v) is 13.8. The number of hydrogen-bond acceptors (Lipinski definition) is 3. The van der Waals surface area contributed by atoms with Crippen LogP contribution in [0.3, 0.4) is 0 Å². The lowest BCUT2D eigenvalue weighted by atomic mass is 10.1. The molecule has 0 amide bonds. The predicted molar refractivity (Wildman–Crippen MR) is 91.3 cm³/mol. The highest BCUT2D eigenvalue weighted by Crippen LogP contribution is 2.22. The van der Waals surface area contributed by atoms with Crippen LogP contribution in [-0.2, 0) is 10.8 Å². The molecule has 0 fully saturated rings. The molecule has 23 heavy (non-hydrogen) atoms. The number of halogens is 2. The van der Waals surface area contributed by atoms with E-state index in [0.29, 0.717) is 6.61 Å². The Hall–Kier alpha value is -2.03. The lowest BCUT2D eigenvalue weighted by molar-refractivity contribution is 0.372. The maximum absolute atomic E-state index is 14.3. The van der Waals surface area contributed by atoms with Crippen LogP contribution in [0.25, 0.3) is 0 Å². The Balaban J connectivity index is 2.27. The Morgan fingerprint density at radius 3 is 2.39 bits per heavy atom. The first-order valence-electron chi connectivity index (χ1n) is 7.13. The fourth-order valence-corrected chi connectivity index (χ4v) is 2.12.